The molecule has 2 aliphatic rings. The summed E-state index contributed by atoms with van der Waals surface area (Å²) in [7, 11) is 0. The van der Waals surface area contributed by atoms with Gasteiger partial charge in [0.1, 0.15) is 5.82 Å². The predicted molar refractivity (Wildman–Crippen MR) is 82.2 cm³/mol. The van der Waals surface area contributed by atoms with E-state index < -0.39 is 5.41 Å². The second-order valence-electron chi connectivity index (χ2n) is 6.21. The highest BCUT2D eigenvalue weighted by molar-refractivity contribution is 5.88. The highest BCUT2D eigenvalue weighted by Gasteiger charge is 2.42. The third-order valence-electron chi connectivity index (χ3n) is 4.83. The summed E-state index contributed by atoms with van der Waals surface area (Å²) in [6.45, 7) is 2.72. The molecule has 2 aliphatic heterocycles. The fraction of sp³-hybridized carbons (Fsp3) is 0.588. The summed E-state index contributed by atoms with van der Waals surface area (Å²) >= 11 is 0. The van der Waals surface area contributed by atoms with Crippen molar-refractivity contribution < 1.29 is 13.9 Å². The average Bonchev–Trinajstić information content (AvgIpc) is 3.06. The maximum Gasteiger partial charge on any atom is 0.230 e. The van der Waals surface area contributed by atoms with Gasteiger partial charge in [0.25, 0.3) is 0 Å². The number of nitrogens with one attached hydrogen (secondary N) is 2. The molecule has 0 saturated carbocycles. The van der Waals surface area contributed by atoms with Crippen LogP contribution in [0, 0.1) is 5.82 Å². The predicted octanol–water partition coefficient (Wildman–Crippen LogP) is 1.74. The lowest BCUT2D eigenvalue weighted by Gasteiger charge is -2.36. The first kappa shape index (κ1) is 15.4. The van der Waals surface area contributed by atoms with Crippen LogP contribution in [0.5, 0.6) is 0 Å². The van der Waals surface area contributed by atoms with Crippen molar-refractivity contribution in [2.75, 3.05) is 26.3 Å². The van der Waals surface area contributed by atoms with Crippen LogP contribution in [0.4, 0.5) is 4.39 Å². The van der Waals surface area contributed by atoms with Crippen LogP contribution in [-0.2, 0) is 14.9 Å². The third-order valence-corrected chi connectivity index (χ3v) is 4.83. The Morgan fingerprint density at radius 1 is 1.41 bits per heavy atom. The van der Waals surface area contributed by atoms with E-state index in [4.69, 9.17) is 4.74 Å². The zero-order valence-corrected chi connectivity index (χ0v) is 12.7. The molecule has 2 N–H and O–H groups in total. The van der Waals surface area contributed by atoms with Gasteiger partial charge >= 0.3 is 0 Å². The Balaban J connectivity index is 1.77. The van der Waals surface area contributed by atoms with Crippen molar-refractivity contribution in [3.63, 3.8) is 0 Å². The number of halogens is 1. The van der Waals surface area contributed by atoms with Gasteiger partial charge in [0.05, 0.1) is 5.41 Å². The Labute approximate surface area is 130 Å². The summed E-state index contributed by atoms with van der Waals surface area (Å²) in [5.74, 6) is -0.302. The van der Waals surface area contributed by atoms with Crippen molar-refractivity contribution in [1.82, 2.24) is 10.6 Å². The summed E-state index contributed by atoms with van der Waals surface area (Å²) in [5.41, 5.74) is 0.0894. The normalized spacial score (nSPS) is 24.1. The molecular formula is C17H23FN2O2. The van der Waals surface area contributed by atoms with E-state index in [-0.39, 0.29) is 11.7 Å². The van der Waals surface area contributed by atoms with Crippen LogP contribution in [-0.4, -0.2) is 38.3 Å². The fourth-order valence-corrected chi connectivity index (χ4v) is 3.47. The number of carbonyl (C=O) groups is 1. The summed E-state index contributed by atoms with van der Waals surface area (Å²) in [6.07, 6.45) is 3.44. The molecule has 2 saturated heterocycles. The van der Waals surface area contributed by atoms with Gasteiger partial charge < -0.3 is 15.4 Å². The lowest BCUT2D eigenvalue weighted by molar-refractivity contribution is -0.130. The van der Waals surface area contributed by atoms with Gasteiger partial charge in [-0.2, -0.15) is 0 Å². The standard InChI is InChI=1S/C17H23FN2O2/c18-14-4-1-3-13(11-14)17(6-9-22-10-7-17)16(21)20-12-15-5-2-8-19-15/h1,3-4,11,15,19H,2,5-10,12H2,(H,20,21). The number of hydrogen-bond donors (Lipinski definition) is 2. The van der Waals surface area contributed by atoms with Gasteiger partial charge in [-0.25, -0.2) is 4.39 Å². The van der Waals surface area contributed by atoms with E-state index in [1.165, 1.54) is 12.1 Å². The molecule has 1 aromatic rings. The second kappa shape index (κ2) is 6.75. The van der Waals surface area contributed by atoms with Crippen molar-refractivity contribution in [2.24, 2.45) is 0 Å². The molecule has 1 atom stereocenters. The van der Waals surface area contributed by atoms with E-state index in [1.807, 2.05) is 6.07 Å². The maximum atomic E-state index is 13.6. The lowest BCUT2D eigenvalue weighted by Crippen LogP contribution is -2.50. The van der Waals surface area contributed by atoms with Gasteiger partial charge in [-0.15, -0.1) is 0 Å². The molecule has 2 heterocycles. The molecule has 22 heavy (non-hydrogen) atoms. The Bertz CT molecular complexity index is 523. The lowest BCUT2D eigenvalue weighted by atomic mass is 9.73. The molecule has 5 heteroatoms. The number of ether oxygens (including phenoxy) is 1. The topological polar surface area (TPSA) is 50.4 Å². The van der Waals surface area contributed by atoms with Crippen LogP contribution in [0.25, 0.3) is 0 Å². The molecule has 1 unspecified atom stereocenters. The van der Waals surface area contributed by atoms with Gasteiger partial charge in [0.15, 0.2) is 0 Å². The minimum atomic E-state index is -0.668. The van der Waals surface area contributed by atoms with Crippen molar-refractivity contribution in [2.45, 2.75) is 37.1 Å². The Morgan fingerprint density at radius 2 is 2.23 bits per heavy atom. The van der Waals surface area contributed by atoms with Gasteiger partial charge in [-0.1, -0.05) is 12.1 Å². The Morgan fingerprint density at radius 3 is 2.91 bits per heavy atom. The third kappa shape index (κ3) is 3.15. The van der Waals surface area contributed by atoms with E-state index in [0.717, 1.165) is 24.9 Å². The summed E-state index contributed by atoms with van der Waals surface area (Å²) in [4.78, 5) is 12.9. The zero-order valence-electron chi connectivity index (χ0n) is 12.7. The smallest absolute Gasteiger partial charge is 0.230 e. The van der Waals surface area contributed by atoms with E-state index in [1.54, 1.807) is 6.07 Å². The van der Waals surface area contributed by atoms with Crippen LogP contribution in [0.1, 0.15) is 31.2 Å². The van der Waals surface area contributed by atoms with E-state index in [9.17, 15) is 9.18 Å². The summed E-state index contributed by atoms with van der Waals surface area (Å²) in [6, 6.07) is 6.78. The molecule has 0 spiro atoms. The maximum absolute atomic E-state index is 13.6. The first-order chi connectivity index (χ1) is 10.7. The van der Waals surface area contributed by atoms with Crippen LogP contribution in [0.3, 0.4) is 0 Å². The zero-order chi connectivity index (χ0) is 15.4. The van der Waals surface area contributed by atoms with Gasteiger partial charge in [-0.05, 0) is 49.9 Å². The molecule has 2 fully saturated rings. The molecule has 0 aromatic heterocycles. The van der Waals surface area contributed by atoms with Crippen LogP contribution in [0.2, 0.25) is 0 Å². The number of carbonyl (C=O) groups excluding carboxylic acids is 1. The fourth-order valence-electron chi connectivity index (χ4n) is 3.47. The molecule has 1 amide bonds. The number of rotatable bonds is 4. The van der Waals surface area contributed by atoms with Crippen molar-refractivity contribution >= 4 is 5.91 Å². The summed E-state index contributed by atoms with van der Waals surface area (Å²) in [5, 5.41) is 6.45. The monoisotopic (exact) mass is 306 g/mol. The van der Waals surface area contributed by atoms with E-state index in [0.29, 0.717) is 38.6 Å². The second-order valence-corrected chi connectivity index (χ2v) is 6.21. The highest BCUT2D eigenvalue weighted by Crippen LogP contribution is 2.35. The molecule has 1 aromatic carbocycles. The van der Waals surface area contributed by atoms with Gasteiger partial charge in [0.2, 0.25) is 5.91 Å². The number of hydrogen-bond acceptors (Lipinski definition) is 3. The largest absolute Gasteiger partial charge is 0.381 e. The molecule has 4 nitrogen and oxygen atoms in total. The van der Waals surface area contributed by atoms with Crippen LogP contribution in [0.15, 0.2) is 24.3 Å². The Kier molecular flexibility index (Phi) is 4.74. The Hall–Kier alpha value is -1.46. The summed E-state index contributed by atoms with van der Waals surface area (Å²) < 4.78 is 19.0. The molecule has 120 valence electrons. The van der Waals surface area contributed by atoms with Crippen LogP contribution < -0.4 is 10.6 Å². The van der Waals surface area contributed by atoms with Crippen LogP contribution >= 0.6 is 0 Å². The first-order valence-corrected chi connectivity index (χ1v) is 8.06. The SMILES string of the molecule is O=C(NCC1CCCN1)C1(c2cccc(F)c2)CCOCC1. The molecule has 3 rings (SSSR count). The van der Waals surface area contributed by atoms with Crippen molar-refractivity contribution in [3.05, 3.63) is 35.6 Å². The number of amides is 1. The first-order valence-electron chi connectivity index (χ1n) is 8.06. The molecule has 0 radical (unpaired) electrons. The highest BCUT2D eigenvalue weighted by atomic mass is 19.1. The average molecular weight is 306 g/mol. The molecular weight excluding hydrogens is 283 g/mol. The number of benzene rings is 1. The molecule has 0 bridgehead atoms. The minimum absolute atomic E-state index is 0.00454. The quantitative estimate of drug-likeness (QED) is 0.891. The van der Waals surface area contributed by atoms with Crippen molar-refractivity contribution in [3.8, 4) is 0 Å². The van der Waals surface area contributed by atoms with E-state index >= 15 is 0 Å². The van der Waals surface area contributed by atoms with E-state index in [2.05, 4.69) is 10.6 Å². The van der Waals surface area contributed by atoms with Gasteiger partial charge in [0, 0.05) is 25.8 Å². The van der Waals surface area contributed by atoms with Crippen molar-refractivity contribution in [1.29, 1.82) is 0 Å². The minimum Gasteiger partial charge on any atom is -0.381 e. The van der Waals surface area contributed by atoms with Gasteiger partial charge in [-0.3, -0.25) is 4.79 Å². The molecule has 0 aliphatic carbocycles.